The van der Waals surface area contributed by atoms with Crippen LogP contribution in [0.1, 0.15) is 24.8 Å². The molecule has 1 aromatic carbocycles. The first-order valence-electron chi connectivity index (χ1n) is 9.52. The maximum Gasteiger partial charge on any atom is 0.119 e. The lowest BCUT2D eigenvalue weighted by Crippen LogP contribution is -2.43. The summed E-state index contributed by atoms with van der Waals surface area (Å²) in [4.78, 5) is 4.47. The van der Waals surface area contributed by atoms with Gasteiger partial charge < -0.3 is 15.2 Å². The van der Waals surface area contributed by atoms with Crippen LogP contribution >= 0.6 is 11.8 Å². The van der Waals surface area contributed by atoms with Crippen molar-refractivity contribution in [3.05, 3.63) is 36.0 Å². The number of methoxy groups -OCH3 is 1. The third-order valence-electron chi connectivity index (χ3n) is 5.57. The minimum Gasteiger partial charge on any atom is -0.497 e. The zero-order chi connectivity index (χ0) is 18.4. The van der Waals surface area contributed by atoms with Crippen LogP contribution in [0.5, 0.6) is 5.75 Å². The maximum absolute atomic E-state index is 10.5. The number of hydrogen-bond donors (Lipinski definition) is 2. The molecule has 2 N–H and O–H groups in total. The lowest BCUT2D eigenvalue weighted by molar-refractivity contribution is 0.0692. The first kappa shape index (κ1) is 19.5. The Hall–Kier alpha value is -1.30. The molecule has 2 aromatic rings. The molecule has 0 radical (unpaired) electrons. The highest BCUT2D eigenvalue weighted by Gasteiger charge is 2.30. The van der Waals surface area contributed by atoms with Gasteiger partial charge in [-0.05, 0) is 74.2 Å². The number of benzene rings is 1. The second-order valence-electron chi connectivity index (χ2n) is 7.18. The number of rotatable bonds is 8. The molecule has 1 saturated heterocycles. The van der Waals surface area contributed by atoms with E-state index in [9.17, 15) is 5.11 Å². The van der Waals surface area contributed by atoms with Crippen molar-refractivity contribution in [3.8, 4) is 5.75 Å². The van der Waals surface area contributed by atoms with Crippen molar-refractivity contribution in [2.45, 2.75) is 31.8 Å². The largest absolute Gasteiger partial charge is 0.497 e. The number of aryl methyl sites for hydroxylation is 1. The second-order valence-corrected chi connectivity index (χ2v) is 8.10. The minimum atomic E-state index is -0.200. The summed E-state index contributed by atoms with van der Waals surface area (Å²) in [6, 6.07) is 8.21. The topological polar surface area (TPSA) is 54.4 Å². The maximum atomic E-state index is 10.5. The summed E-state index contributed by atoms with van der Waals surface area (Å²) in [5.41, 5.74) is 2.36. The third kappa shape index (κ3) is 4.70. The Kier molecular flexibility index (Phi) is 7.17. The standard InChI is InChI=1S/C21H30N2O2S/c1-25-17-6-7-20-18(12-17)15(9-11-23-20)4-3-5-16-8-10-22-13-19(16)21(24)14-26-2/h6-7,9,11-12,16,19,21-22,24H,3-5,8,10,13-14H2,1-2H3/t16-,19+,21?/m1/s1. The van der Waals surface area contributed by atoms with Crippen LogP contribution in [0.4, 0.5) is 0 Å². The SMILES string of the molecule is COc1ccc2nccc(CCC[C@@H]3CCNC[C@@H]3C(O)CSC)c2c1. The zero-order valence-corrected chi connectivity index (χ0v) is 16.6. The summed E-state index contributed by atoms with van der Waals surface area (Å²) in [6.07, 6.45) is 8.29. The number of pyridine rings is 1. The fourth-order valence-corrected chi connectivity index (χ4v) is 4.71. The smallest absolute Gasteiger partial charge is 0.119 e. The first-order chi connectivity index (χ1) is 12.7. The van der Waals surface area contributed by atoms with Crippen LogP contribution in [0.15, 0.2) is 30.5 Å². The molecule has 0 spiro atoms. The zero-order valence-electron chi connectivity index (χ0n) is 15.8. The average molecular weight is 375 g/mol. The molecular weight excluding hydrogens is 344 g/mol. The fraction of sp³-hybridized carbons (Fsp3) is 0.571. The summed E-state index contributed by atoms with van der Waals surface area (Å²) < 4.78 is 5.38. The van der Waals surface area contributed by atoms with E-state index in [1.807, 2.05) is 18.3 Å². The van der Waals surface area contributed by atoms with Gasteiger partial charge in [-0.25, -0.2) is 0 Å². The fourth-order valence-electron chi connectivity index (χ4n) is 4.12. The second kappa shape index (κ2) is 9.58. The van der Waals surface area contributed by atoms with Gasteiger partial charge in [0.05, 0.1) is 18.7 Å². The van der Waals surface area contributed by atoms with Crippen LogP contribution in [0.3, 0.4) is 0 Å². The van der Waals surface area contributed by atoms with E-state index in [0.717, 1.165) is 43.0 Å². The molecule has 2 heterocycles. The van der Waals surface area contributed by atoms with Gasteiger partial charge in [-0.2, -0.15) is 11.8 Å². The van der Waals surface area contributed by atoms with E-state index in [-0.39, 0.29) is 6.10 Å². The molecule has 0 amide bonds. The molecule has 0 bridgehead atoms. The van der Waals surface area contributed by atoms with Crippen LogP contribution in [0.2, 0.25) is 0 Å². The van der Waals surface area contributed by atoms with Crippen LogP contribution < -0.4 is 10.1 Å². The molecule has 1 unspecified atom stereocenters. The van der Waals surface area contributed by atoms with Crippen molar-refractivity contribution in [1.29, 1.82) is 0 Å². The quantitative estimate of drug-likeness (QED) is 0.740. The van der Waals surface area contributed by atoms with Gasteiger partial charge in [0.15, 0.2) is 0 Å². The molecule has 3 rings (SSSR count). The summed E-state index contributed by atoms with van der Waals surface area (Å²) in [6.45, 7) is 2.02. The number of thioether (sulfide) groups is 1. The first-order valence-corrected chi connectivity index (χ1v) is 10.9. The number of fused-ring (bicyclic) bond motifs is 1. The Morgan fingerprint density at radius 3 is 3.08 bits per heavy atom. The number of aliphatic hydroxyl groups is 1. The van der Waals surface area contributed by atoms with Crippen molar-refractivity contribution >= 4 is 22.7 Å². The highest BCUT2D eigenvalue weighted by Crippen LogP contribution is 2.30. The number of hydrogen-bond acceptors (Lipinski definition) is 5. The van der Waals surface area contributed by atoms with Gasteiger partial charge in [0.2, 0.25) is 0 Å². The molecular formula is C21H30N2O2S. The molecule has 142 valence electrons. The summed E-state index contributed by atoms with van der Waals surface area (Å²) in [7, 11) is 1.70. The number of nitrogens with one attached hydrogen (secondary N) is 1. The van der Waals surface area contributed by atoms with Gasteiger partial charge in [-0.1, -0.05) is 0 Å². The molecule has 0 saturated carbocycles. The molecule has 1 aromatic heterocycles. The van der Waals surface area contributed by atoms with E-state index in [4.69, 9.17) is 4.74 Å². The molecule has 1 aliphatic rings. The van der Waals surface area contributed by atoms with Gasteiger partial charge >= 0.3 is 0 Å². The predicted molar refractivity (Wildman–Crippen MR) is 110 cm³/mol. The predicted octanol–water partition coefficient (Wildman–Crippen LogP) is 3.52. The third-order valence-corrected chi connectivity index (χ3v) is 6.24. The summed E-state index contributed by atoms with van der Waals surface area (Å²) >= 11 is 1.73. The normalized spacial score (nSPS) is 21.7. The van der Waals surface area contributed by atoms with E-state index >= 15 is 0 Å². The lowest BCUT2D eigenvalue weighted by Gasteiger charge is -2.35. The van der Waals surface area contributed by atoms with Gasteiger partial charge in [-0.15, -0.1) is 0 Å². The Morgan fingerprint density at radius 2 is 2.27 bits per heavy atom. The van der Waals surface area contributed by atoms with Crippen molar-refractivity contribution in [2.75, 3.05) is 32.2 Å². The van der Waals surface area contributed by atoms with Crippen molar-refractivity contribution in [1.82, 2.24) is 10.3 Å². The minimum absolute atomic E-state index is 0.200. The Bertz CT molecular complexity index is 709. The summed E-state index contributed by atoms with van der Waals surface area (Å²) in [5, 5.41) is 15.1. The van der Waals surface area contributed by atoms with Crippen LogP contribution in [0.25, 0.3) is 10.9 Å². The Morgan fingerprint density at radius 1 is 1.38 bits per heavy atom. The molecule has 5 heteroatoms. The number of piperidine rings is 1. The monoisotopic (exact) mass is 374 g/mol. The van der Waals surface area contributed by atoms with E-state index in [1.165, 1.54) is 23.8 Å². The number of nitrogens with zero attached hydrogens (tertiary/aromatic N) is 1. The van der Waals surface area contributed by atoms with E-state index in [0.29, 0.717) is 11.8 Å². The van der Waals surface area contributed by atoms with Gasteiger partial charge in [0.25, 0.3) is 0 Å². The van der Waals surface area contributed by atoms with Crippen molar-refractivity contribution in [2.24, 2.45) is 11.8 Å². The molecule has 0 aliphatic carbocycles. The highest BCUT2D eigenvalue weighted by atomic mass is 32.2. The van der Waals surface area contributed by atoms with E-state index < -0.39 is 0 Å². The van der Waals surface area contributed by atoms with Crippen molar-refractivity contribution in [3.63, 3.8) is 0 Å². The average Bonchev–Trinajstić information content (AvgIpc) is 2.68. The summed E-state index contributed by atoms with van der Waals surface area (Å²) in [5.74, 6) is 2.70. The van der Waals surface area contributed by atoms with Gasteiger partial charge in [-0.3, -0.25) is 4.98 Å². The number of aliphatic hydroxyl groups excluding tert-OH is 1. The van der Waals surface area contributed by atoms with Crippen LogP contribution in [0, 0.1) is 11.8 Å². The number of ether oxygens (including phenoxy) is 1. The molecule has 26 heavy (non-hydrogen) atoms. The van der Waals surface area contributed by atoms with Crippen molar-refractivity contribution < 1.29 is 9.84 Å². The Balaban J connectivity index is 1.64. The highest BCUT2D eigenvalue weighted by molar-refractivity contribution is 7.98. The van der Waals surface area contributed by atoms with E-state index in [1.54, 1.807) is 18.9 Å². The van der Waals surface area contributed by atoms with E-state index in [2.05, 4.69) is 28.7 Å². The lowest BCUT2D eigenvalue weighted by atomic mass is 9.79. The van der Waals surface area contributed by atoms with Gasteiger partial charge in [0.1, 0.15) is 5.75 Å². The van der Waals surface area contributed by atoms with Gasteiger partial charge in [0, 0.05) is 29.8 Å². The molecule has 4 nitrogen and oxygen atoms in total. The Labute approximate surface area is 160 Å². The molecule has 1 aliphatic heterocycles. The van der Waals surface area contributed by atoms with Crippen LogP contribution in [-0.4, -0.2) is 48.4 Å². The molecule has 3 atom stereocenters. The molecule has 1 fully saturated rings. The van der Waals surface area contributed by atoms with Crippen LogP contribution in [-0.2, 0) is 6.42 Å². The number of aromatic nitrogens is 1.